The van der Waals surface area contributed by atoms with E-state index in [9.17, 15) is 9.90 Å². The number of aryl methyl sites for hydroxylation is 1. The number of anilines is 1. The smallest absolute Gasteiger partial charge is 0.329 e. The maximum atomic E-state index is 15.3. The fourth-order valence-corrected chi connectivity index (χ4v) is 4.69. The molecule has 4 rings (SSSR count). The Kier molecular flexibility index (Phi) is 7.50. The van der Waals surface area contributed by atoms with Gasteiger partial charge in [0.25, 0.3) is 0 Å². The molecule has 0 spiro atoms. The fraction of sp³-hybridized carbons (Fsp3) is 0.500. The van der Waals surface area contributed by atoms with Gasteiger partial charge in [-0.25, -0.2) is 9.18 Å². The number of ether oxygens (including phenoxy) is 3. The van der Waals surface area contributed by atoms with E-state index < -0.39 is 11.5 Å². The third-order valence-corrected chi connectivity index (χ3v) is 6.64. The highest BCUT2D eigenvalue weighted by Gasteiger charge is 2.40. The molecular formula is C26H32FNO5. The van der Waals surface area contributed by atoms with E-state index >= 15 is 4.39 Å². The highest BCUT2D eigenvalue weighted by molar-refractivity contribution is 5.83. The molecule has 0 aromatic heterocycles. The molecule has 6 nitrogen and oxygen atoms in total. The lowest BCUT2D eigenvalue weighted by molar-refractivity contribution is -0.145. The van der Waals surface area contributed by atoms with Crippen LogP contribution in [-0.4, -0.2) is 49.6 Å². The van der Waals surface area contributed by atoms with Crippen LogP contribution in [0.2, 0.25) is 0 Å². The number of carboxylic acid groups (broad SMARTS) is 1. The number of hydrogen-bond acceptors (Lipinski definition) is 5. The summed E-state index contributed by atoms with van der Waals surface area (Å²) in [6, 6.07) is 10.9. The lowest BCUT2D eigenvalue weighted by Gasteiger charge is -2.35. The maximum absolute atomic E-state index is 15.3. The minimum absolute atomic E-state index is 0.236. The molecule has 2 heterocycles. The molecule has 2 fully saturated rings. The van der Waals surface area contributed by atoms with Gasteiger partial charge in [-0.05, 0) is 61.4 Å². The highest BCUT2D eigenvalue weighted by Crippen LogP contribution is 2.35. The van der Waals surface area contributed by atoms with E-state index in [4.69, 9.17) is 14.2 Å². The van der Waals surface area contributed by atoms with Crippen molar-refractivity contribution in [2.45, 2.75) is 44.6 Å². The van der Waals surface area contributed by atoms with E-state index in [0.29, 0.717) is 44.1 Å². The number of carboxylic acids is 1. The van der Waals surface area contributed by atoms with Crippen LogP contribution in [0.1, 0.15) is 38.2 Å². The standard InChI is InChI=1S/C26H32FNO5/c1-2-33-23-5-3-4-22(24(23)27)21-9-8-20(16-19(21)7-6-18-10-13-32-17-18)28-26(25(29)30)11-14-31-15-12-26/h3-5,8-9,16,18,28H,2,6-7,10-15,17H2,1H3,(H,29,30)/t18-/m1/s1. The van der Waals surface area contributed by atoms with Crippen molar-refractivity contribution in [3.8, 4) is 16.9 Å². The van der Waals surface area contributed by atoms with Crippen LogP contribution in [0.5, 0.6) is 5.75 Å². The lowest BCUT2D eigenvalue weighted by Crippen LogP contribution is -2.50. The summed E-state index contributed by atoms with van der Waals surface area (Å²) in [5.41, 5.74) is 1.93. The second kappa shape index (κ2) is 10.5. The van der Waals surface area contributed by atoms with E-state index in [1.54, 1.807) is 18.2 Å². The molecule has 2 aliphatic heterocycles. The first kappa shape index (κ1) is 23.5. The summed E-state index contributed by atoms with van der Waals surface area (Å²) in [5, 5.41) is 13.2. The molecule has 0 amide bonds. The second-order valence-corrected chi connectivity index (χ2v) is 8.82. The summed E-state index contributed by atoms with van der Waals surface area (Å²) in [6.45, 7) is 4.56. The quantitative estimate of drug-likeness (QED) is 0.557. The van der Waals surface area contributed by atoms with E-state index in [1.807, 2.05) is 25.1 Å². The molecule has 2 aromatic rings. The molecule has 33 heavy (non-hydrogen) atoms. The van der Waals surface area contributed by atoms with Crippen molar-refractivity contribution in [3.05, 3.63) is 47.8 Å². The Hall–Kier alpha value is -2.64. The lowest BCUT2D eigenvalue weighted by atomic mass is 9.88. The first-order chi connectivity index (χ1) is 16.0. The molecule has 0 unspecified atom stereocenters. The Labute approximate surface area is 194 Å². The van der Waals surface area contributed by atoms with Gasteiger partial charge in [-0.15, -0.1) is 0 Å². The highest BCUT2D eigenvalue weighted by atomic mass is 19.1. The van der Waals surface area contributed by atoms with Gasteiger partial charge < -0.3 is 24.6 Å². The van der Waals surface area contributed by atoms with Crippen LogP contribution in [0.3, 0.4) is 0 Å². The molecule has 0 aliphatic carbocycles. The molecule has 2 N–H and O–H groups in total. The van der Waals surface area contributed by atoms with Gasteiger partial charge in [0.1, 0.15) is 5.54 Å². The van der Waals surface area contributed by atoms with Crippen molar-refractivity contribution < 1.29 is 28.5 Å². The van der Waals surface area contributed by atoms with Crippen LogP contribution < -0.4 is 10.1 Å². The summed E-state index contributed by atoms with van der Waals surface area (Å²) in [6.07, 6.45) is 3.50. The zero-order valence-corrected chi connectivity index (χ0v) is 19.1. The van der Waals surface area contributed by atoms with Crippen molar-refractivity contribution in [2.24, 2.45) is 5.92 Å². The summed E-state index contributed by atoms with van der Waals surface area (Å²) in [7, 11) is 0. The number of aliphatic carboxylic acids is 1. The average Bonchev–Trinajstić information content (AvgIpc) is 3.34. The summed E-state index contributed by atoms with van der Waals surface area (Å²) in [5.74, 6) is -0.541. The zero-order chi connectivity index (χ0) is 23.3. The van der Waals surface area contributed by atoms with Gasteiger partial charge in [0.2, 0.25) is 0 Å². The van der Waals surface area contributed by atoms with Gasteiger partial charge in [-0.2, -0.15) is 0 Å². The minimum atomic E-state index is -1.06. The van der Waals surface area contributed by atoms with Crippen molar-refractivity contribution in [1.29, 1.82) is 0 Å². The van der Waals surface area contributed by atoms with Crippen LogP contribution in [0.15, 0.2) is 36.4 Å². The number of halogens is 1. The first-order valence-corrected chi connectivity index (χ1v) is 11.7. The topological polar surface area (TPSA) is 77.0 Å². The molecule has 7 heteroatoms. The molecule has 0 bridgehead atoms. The average molecular weight is 458 g/mol. The van der Waals surface area contributed by atoms with Gasteiger partial charge in [-0.1, -0.05) is 18.2 Å². The number of hydrogen-bond donors (Lipinski definition) is 2. The molecule has 2 aliphatic rings. The first-order valence-electron chi connectivity index (χ1n) is 11.7. The Morgan fingerprint density at radius 2 is 2.00 bits per heavy atom. The van der Waals surface area contributed by atoms with Crippen molar-refractivity contribution in [3.63, 3.8) is 0 Å². The van der Waals surface area contributed by atoms with Crippen molar-refractivity contribution in [1.82, 2.24) is 0 Å². The molecule has 1 atom stereocenters. The molecule has 0 radical (unpaired) electrons. The van der Waals surface area contributed by atoms with Crippen LogP contribution in [-0.2, 0) is 20.7 Å². The molecule has 2 aromatic carbocycles. The van der Waals surface area contributed by atoms with Gasteiger partial charge in [0.05, 0.1) is 6.61 Å². The monoisotopic (exact) mass is 457 g/mol. The minimum Gasteiger partial charge on any atom is -0.491 e. The fourth-order valence-electron chi connectivity index (χ4n) is 4.69. The van der Waals surface area contributed by atoms with Crippen molar-refractivity contribution >= 4 is 11.7 Å². The SMILES string of the molecule is CCOc1cccc(-c2ccc(NC3(C(=O)O)CCOCC3)cc2CC[C@@H]2CCOC2)c1F. The number of nitrogens with one attached hydrogen (secondary N) is 1. The van der Waals surface area contributed by atoms with Gasteiger partial charge in [-0.3, -0.25) is 0 Å². The van der Waals surface area contributed by atoms with E-state index in [1.165, 1.54) is 0 Å². The van der Waals surface area contributed by atoms with Crippen LogP contribution in [0.25, 0.3) is 11.1 Å². The van der Waals surface area contributed by atoms with Crippen LogP contribution in [0, 0.1) is 11.7 Å². The maximum Gasteiger partial charge on any atom is 0.329 e. The van der Waals surface area contributed by atoms with E-state index in [-0.39, 0.29) is 11.6 Å². The predicted octanol–water partition coefficient (Wildman–Crippen LogP) is 4.91. The Balaban J connectivity index is 1.67. The Bertz CT molecular complexity index is 967. The number of benzene rings is 2. The second-order valence-electron chi connectivity index (χ2n) is 8.82. The summed E-state index contributed by atoms with van der Waals surface area (Å²) >= 11 is 0. The molecule has 2 saturated heterocycles. The molecular weight excluding hydrogens is 425 g/mol. The number of carbonyl (C=O) groups is 1. The molecule has 178 valence electrons. The van der Waals surface area contributed by atoms with Crippen molar-refractivity contribution in [2.75, 3.05) is 38.4 Å². The van der Waals surface area contributed by atoms with Crippen LogP contribution in [0.4, 0.5) is 10.1 Å². The summed E-state index contributed by atoms with van der Waals surface area (Å²) < 4.78 is 31.6. The van der Waals surface area contributed by atoms with Gasteiger partial charge >= 0.3 is 5.97 Å². The largest absolute Gasteiger partial charge is 0.491 e. The van der Waals surface area contributed by atoms with Gasteiger partial charge in [0, 0.05) is 50.5 Å². The Morgan fingerprint density at radius 1 is 1.18 bits per heavy atom. The van der Waals surface area contributed by atoms with E-state index in [2.05, 4.69) is 5.32 Å². The Morgan fingerprint density at radius 3 is 2.70 bits per heavy atom. The number of rotatable bonds is 9. The zero-order valence-electron chi connectivity index (χ0n) is 19.1. The van der Waals surface area contributed by atoms with Gasteiger partial charge in [0.15, 0.2) is 11.6 Å². The third kappa shape index (κ3) is 5.31. The normalized spacial score (nSPS) is 19.9. The summed E-state index contributed by atoms with van der Waals surface area (Å²) in [4.78, 5) is 12.1. The third-order valence-electron chi connectivity index (χ3n) is 6.64. The van der Waals surface area contributed by atoms with E-state index in [0.717, 1.165) is 49.3 Å². The molecule has 0 saturated carbocycles. The van der Waals surface area contributed by atoms with Crippen LogP contribution >= 0.6 is 0 Å². The predicted molar refractivity (Wildman–Crippen MR) is 124 cm³/mol.